The van der Waals surface area contributed by atoms with Crippen LogP contribution in [-0.2, 0) is 14.3 Å². The number of Topliss-reactive ketones (excluding diaryl/α,β-unsaturated/α-hetero) is 1. The monoisotopic (exact) mass is 240 g/mol. The van der Waals surface area contributed by atoms with Crippen molar-refractivity contribution in [3.05, 3.63) is 0 Å². The van der Waals surface area contributed by atoms with Crippen molar-refractivity contribution in [3.8, 4) is 0 Å². The lowest BCUT2D eigenvalue weighted by Crippen LogP contribution is -2.23. The van der Waals surface area contributed by atoms with Gasteiger partial charge in [-0.15, -0.1) is 0 Å². The number of rotatable bonds is 6. The summed E-state index contributed by atoms with van der Waals surface area (Å²) in [6.07, 6.45) is 7.61. The van der Waals surface area contributed by atoms with Crippen molar-refractivity contribution in [2.75, 3.05) is 13.2 Å². The van der Waals surface area contributed by atoms with Crippen LogP contribution >= 0.6 is 0 Å². The maximum atomic E-state index is 12.1. The van der Waals surface area contributed by atoms with Crippen LogP contribution in [0.5, 0.6) is 0 Å². The highest BCUT2D eigenvalue weighted by Gasteiger charge is 2.32. The molecule has 2 saturated heterocycles. The Morgan fingerprint density at radius 3 is 2.82 bits per heavy atom. The van der Waals surface area contributed by atoms with Gasteiger partial charge in [0.05, 0.1) is 12.2 Å². The summed E-state index contributed by atoms with van der Waals surface area (Å²) in [5.41, 5.74) is 0. The Kier molecular flexibility index (Phi) is 4.99. The minimum absolute atomic E-state index is 0.171. The third-order valence-corrected chi connectivity index (χ3v) is 4.00. The van der Waals surface area contributed by atoms with Crippen LogP contribution in [0.3, 0.4) is 0 Å². The molecule has 3 nitrogen and oxygen atoms in total. The lowest BCUT2D eigenvalue weighted by Gasteiger charge is -2.16. The Morgan fingerprint density at radius 1 is 1.24 bits per heavy atom. The molecule has 3 atom stereocenters. The number of carbonyl (C=O) groups excluding carboxylic acids is 1. The Balaban J connectivity index is 1.66. The van der Waals surface area contributed by atoms with Gasteiger partial charge < -0.3 is 9.47 Å². The third kappa shape index (κ3) is 3.52. The van der Waals surface area contributed by atoms with E-state index in [9.17, 15) is 4.79 Å². The van der Waals surface area contributed by atoms with E-state index in [2.05, 4.69) is 6.92 Å². The molecule has 0 aromatic rings. The van der Waals surface area contributed by atoms with Crippen molar-refractivity contribution in [2.45, 2.75) is 64.1 Å². The van der Waals surface area contributed by atoms with Gasteiger partial charge in [-0.2, -0.15) is 0 Å². The van der Waals surface area contributed by atoms with Gasteiger partial charge in [0.15, 0.2) is 0 Å². The Hall–Kier alpha value is -0.410. The van der Waals surface area contributed by atoms with Crippen LogP contribution in [0.1, 0.15) is 51.9 Å². The first-order valence-electron chi connectivity index (χ1n) is 7.07. The van der Waals surface area contributed by atoms with E-state index in [0.29, 0.717) is 18.3 Å². The Morgan fingerprint density at radius 2 is 2.12 bits per heavy atom. The highest BCUT2D eigenvalue weighted by molar-refractivity contribution is 5.81. The normalized spacial score (nSPS) is 33.1. The highest BCUT2D eigenvalue weighted by Crippen LogP contribution is 2.26. The highest BCUT2D eigenvalue weighted by atomic mass is 16.5. The molecule has 3 unspecified atom stereocenters. The fraction of sp³-hybridized carbons (Fsp3) is 0.929. The molecule has 0 aromatic carbocycles. The van der Waals surface area contributed by atoms with Crippen molar-refractivity contribution in [1.82, 2.24) is 0 Å². The molecule has 0 N–H and O–H groups in total. The van der Waals surface area contributed by atoms with Gasteiger partial charge in [-0.25, -0.2) is 0 Å². The molecule has 0 radical (unpaired) electrons. The van der Waals surface area contributed by atoms with E-state index < -0.39 is 0 Å². The molecule has 2 rings (SSSR count). The summed E-state index contributed by atoms with van der Waals surface area (Å²) in [4.78, 5) is 12.1. The predicted octanol–water partition coefficient (Wildman–Crippen LogP) is 2.72. The van der Waals surface area contributed by atoms with Crippen LogP contribution in [0, 0.1) is 5.92 Å². The van der Waals surface area contributed by atoms with Crippen molar-refractivity contribution < 1.29 is 14.3 Å². The second-order valence-electron chi connectivity index (χ2n) is 5.21. The van der Waals surface area contributed by atoms with Crippen molar-refractivity contribution >= 4 is 5.78 Å². The molecule has 2 heterocycles. The van der Waals surface area contributed by atoms with E-state index in [-0.39, 0.29) is 12.0 Å². The zero-order chi connectivity index (χ0) is 12.1. The number of hydrogen-bond acceptors (Lipinski definition) is 3. The molecule has 2 aliphatic heterocycles. The summed E-state index contributed by atoms with van der Waals surface area (Å²) in [5.74, 6) is 0.580. The van der Waals surface area contributed by atoms with Crippen LogP contribution in [0.2, 0.25) is 0 Å². The van der Waals surface area contributed by atoms with E-state index in [1.165, 1.54) is 12.8 Å². The molecule has 17 heavy (non-hydrogen) atoms. The van der Waals surface area contributed by atoms with Gasteiger partial charge in [0, 0.05) is 25.6 Å². The molecule has 2 aliphatic rings. The first-order chi connectivity index (χ1) is 8.31. The molecule has 0 bridgehead atoms. The maximum absolute atomic E-state index is 12.1. The molecule has 0 aliphatic carbocycles. The molecule has 3 heteroatoms. The minimum atomic E-state index is 0.171. The number of hydrogen-bond donors (Lipinski definition) is 0. The van der Waals surface area contributed by atoms with Crippen LogP contribution in [-0.4, -0.2) is 31.2 Å². The van der Waals surface area contributed by atoms with Crippen molar-refractivity contribution in [2.24, 2.45) is 5.92 Å². The standard InChI is InChI=1S/C14H24O3/c1-2-14-12(8-10-17-14)13(15)7-3-5-11-6-4-9-16-11/h11-12,14H,2-10H2,1H3. The summed E-state index contributed by atoms with van der Waals surface area (Å²) >= 11 is 0. The average Bonchev–Trinajstić information content (AvgIpc) is 2.99. The van der Waals surface area contributed by atoms with Gasteiger partial charge >= 0.3 is 0 Å². The quantitative estimate of drug-likeness (QED) is 0.716. The van der Waals surface area contributed by atoms with Gasteiger partial charge in [-0.05, 0) is 38.5 Å². The number of ether oxygens (including phenoxy) is 2. The maximum Gasteiger partial charge on any atom is 0.138 e. The van der Waals surface area contributed by atoms with E-state index in [4.69, 9.17) is 9.47 Å². The van der Waals surface area contributed by atoms with Gasteiger partial charge in [0.2, 0.25) is 0 Å². The van der Waals surface area contributed by atoms with Crippen LogP contribution in [0.15, 0.2) is 0 Å². The average molecular weight is 240 g/mol. The first kappa shape index (κ1) is 13.0. The fourth-order valence-electron chi connectivity index (χ4n) is 2.98. The van der Waals surface area contributed by atoms with Crippen LogP contribution in [0.25, 0.3) is 0 Å². The lowest BCUT2D eigenvalue weighted by molar-refractivity contribution is -0.124. The van der Waals surface area contributed by atoms with Crippen molar-refractivity contribution in [3.63, 3.8) is 0 Å². The number of carbonyl (C=O) groups is 1. The third-order valence-electron chi connectivity index (χ3n) is 4.00. The van der Waals surface area contributed by atoms with Gasteiger partial charge in [-0.3, -0.25) is 4.79 Å². The minimum Gasteiger partial charge on any atom is -0.378 e. The van der Waals surface area contributed by atoms with E-state index in [1.807, 2.05) is 0 Å². The molecule has 0 spiro atoms. The molecule has 98 valence electrons. The summed E-state index contributed by atoms with van der Waals surface area (Å²) in [6.45, 7) is 3.77. The topological polar surface area (TPSA) is 35.5 Å². The van der Waals surface area contributed by atoms with Crippen LogP contribution < -0.4 is 0 Å². The fourth-order valence-corrected chi connectivity index (χ4v) is 2.98. The molecular formula is C14H24O3. The lowest BCUT2D eigenvalue weighted by atomic mass is 9.91. The zero-order valence-corrected chi connectivity index (χ0v) is 10.8. The SMILES string of the molecule is CCC1OCCC1C(=O)CCCC1CCCO1. The van der Waals surface area contributed by atoms with Gasteiger partial charge in [0.25, 0.3) is 0 Å². The summed E-state index contributed by atoms with van der Waals surface area (Å²) in [5, 5.41) is 0. The smallest absolute Gasteiger partial charge is 0.138 e. The second-order valence-corrected chi connectivity index (χ2v) is 5.21. The van der Waals surface area contributed by atoms with Gasteiger partial charge in [0.1, 0.15) is 5.78 Å². The molecular weight excluding hydrogens is 216 g/mol. The van der Waals surface area contributed by atoms with Crippen LogP contribution in [0.4, 0.5) is 0 Å². The first-order valence-corrected chi connectivity index (χ1v) is 7.07. The van der Waals surface area contributed by atoms with Crippen molar-refractivity contribution in [1.29, 1.82) is 0 Å². The second kappa shape index (κ2) is 6.50. The van der Waals surface area contributed by atoms with Gasteiger partial charge in [-0.1, -0.05) is 6.92 Å². The van der Waals surface area contributed by atoms with E-state index in [1.54, 1.807) is 0 Å². The zero-order valence-electron chi connectivity index (χ0n) is 10.8. The van der Waals surface area contributed by atoms with E-state index >= 15 is 0 Å². The molecule has 0 aromatic heterocycles. The summed E-state index contributed by atoms with van der Waals surface area (Å²) < 4.78 is 11.1. The Labute approximate surface area is 104 Å². The predicted molar refractivity (Wildman–Crippen MR) is 66.0 cm³/mol. The summed E-state index contributed by atoms with van der Waals surface area (Å²) in [7, 11) is 0. The molecule has 2 fully saturated rings. The molecule has 0 saturated carbocycles. The molecule has 0 amide bonds. The largest absolute Gasteiger partial charge is 0.378 e. The summed E-state index contributed by atoms with van der Waals surface area (Å²) in [6, 6.07) is 0. The Bertz CT molecular complexity index is 246. The van der Waals surface area contributed by atoms with E-state index in [0.717, 1.165) is 38.9 Å². The number of ketones is 1.